The monoisotopic (exact) mass is 282 g/mol. The summed E-state index contributed by atoms with van der Waals surface area (Å²) in [6, 6.07) is 16.4. The molecule has 0 spiro atoms. The molecule has 0 fully saturated rings. The number of benzene rings is 2. The predicted octanol–water partition coefficient (Wildman–Crippen LogP) is 3.38. The van der Waals surface area contributed by atoms with Gasteiger partial charge in [0.25, 0.3) is 0 Å². The van der Waals surface area contributed by atoms with Crippen molar-refractivity contribution in [2.24, 2.45) is 0 Å². The summed E-state index contributed by atoms with van der Waals surface area (Å²) in [7, 11) is 1.57. The van der Waals surface area contributed by atoms with Crippen molar-refractivity contribution in [2.75, 3.05) is 7.11 Å². The fourth-order valence-corrected chi connectivity index (χ4v) is 2.11. The molecule has 1 heterocycles. The van der Waals surface area contributed by atoms with Crippen molar-refractivity contribution in [1.29, 1.82) is 0 Å². The Morgan fingerprint density at radius 3 is 2.62 bits per heavy atom. The average Bonchev–Trinajstić information content (AvgIpc) is 2.52. The Morgan fingerprint density at radius 1 is 1.05 bits per heavy atom. The molecule has 4 nitrogen and oxygen atoms in total. The van der Waals surface area contributed by atoms with Crippen molar-refractivity contribution in [3.8, 4) is 11.5 Å². The van der Waals surface area contributed by atoms with E-state index in [2.05, 4.69) is 0 Å². The molecule has 0 saturated heterocycles. The number of hydrogen-bond donors (Lipinski definition) is 0. The van der Waals surface area contributed by atoms with Crippen molar-refractivity contribution < 1.29 is 13.9 Å². The normalized spacial score (nSPS) is 10.5. The second kappa shape index (κ2) is 5.71. The molecule has 21 heavy (non-hydrogen) atoms. The molecule has 0 saturated carbocycles. The van der Waals surface area contributed by atoms with E-state index in [0.717, 1.165) is 10.9 Å². The maximum Gasteiger partial charge on any atom is 0.336 e. The second-order valence-corrected chi connectivity index (χ2v) is 4.57. The topological polar surface area (TPSA) is 48.7 Å². The van der Waals surface area contributed by atoms with Gasteiger partial charge in [0.1, 0.15) is 23.7 Å². The number of hydrogen-bond acceptors (Lipinski definition) is 4. The van der Waals surface area contributed by atoms with Crippen LogP contribution >= 0.6 is 0 Å². The molecule has 0 unspecified atom stereocenters. The third-order valence-corrected chi connectivity index (χ3v) is 3.14. The first kappa shape index (κ1) is 13.2. The van der Waals surface area contributed by atoms with Crippen molar-refractivity contribution in [1.82, 2.24) is 0 Å². The van der Waals surface area contributed by atoms with Crippen molar-refractivity contribution in [2.45, 2.75) is 6.61 Å². The van der Waals surface area contributed by atoms with Gasteiger partial charge < -0.3 is 13.9 Å². The molecule has 0 aliphatic rings. The van der Waals surface area contributed by atoms with Crippen LogP contribution in [0.3, 0.4) is 0 Å². The largest absolute Gasteiger partial charge is 0.496 e. The van der Waals surface area contributed by atoms with E-state index >= 15 is 0 Å². The Hall–Kier alpha value is -2.75. The first-order valence-corrected chi connectivity index (χ1v) is 6.55. The van der Waals surface area contributed by atoms with Gasteiger partial charge >= 0.3 is 5.63 Å². The van der Waals surface area contributed by atoms with Crippen LogP contribution in [0.15, 0.2) is 63.8 Å². The van der Waals surface area contributed by atoms with Gasteiger partial charge in [-0.05, 0) is 11.6 Å². The van der Waals surface area contributed by atoms with Gasteiger partial charge in [0, 0.05) is 18.2 Å². The summed E-state index contributed by atoms with van der Waals surface area (Å²) in [5.41, 5.74) is 1.11. The zero-order valence-electron chi connectivity index (χ0n) is 11.5. The number of fused-ring (bicyclic) bond motifs is 1. The zero-order valence-corrected chi connectivity index (χ0v) is 11.5. The van der Waals surface area contributed by atoms with Gasteiger partial charge in [-0.25, -0.2) is 4.79 Å². The summed E-state index contributed by atoms with van der Waals surface area (Å²) in [6.45, 7) is 0.437. The number of ether oxygens (including phenoxy) is 2. The molecule has 3 aromatic rings. The van der Waals surface area contributed by atoms with E-state index in [1.165, 1.54) is 6.07 Å². The summed E-state index contributed by atoms with van der Waals surface area (Å²) in [6.07, 6.45) is 0. The third-order valence-electron chi connectivity index (χ3n) is 3.14. The quantitative estimate of drug-likeness (QED) is 0.688. The van der Waals surface area contributed by atoms with Crippen LogP contribution in [0.25, 0.3) is 11.0 Å². The van der Waals surface area contributed by atoms with Gasteiger partial charge in [-0.2, -0.15) is 0 Å². The fourth-order valence-electron chi connectivity index (χ4n) is 2.11. The molecular weight excluding hydrogens is 268 g/mol. The molecule has 1 aromatic heterocycles. The molecule has 0 amide bonds. The van der Waals surface area contributed by atoms with E-state index in [0.29, 0.717) is 23.7 Å². The third kappa shape index (κ3) is 2.89. The Labute approximate surface area is 121 Å². The molecule has 4 heteroatoms. The molecule has 2 aromatic carbocycles. The van der Waals surface area contributed by atoms with Crippen LogP contribution in [0, 0.1) is 0 Å². The van der Waals surface area contributed by atoms with Gasteiger partial charge in [-0.1, -0.05) is 30.3 Å². The zero-order chi connectivity index (χ0) is 14.7. The summed E-state index contributed by atoms with van der Waals surface area (Å²) < 4.78 is 16.2. The highest BCUT2D eigenvalue weighted by Crippen LogP contribution is 2.30. The highest BCUT2D eigenvalue weighted by Gasteiger charge is 2.08. The second-order valence-electron chi connectivity index (χ2n) is 4.57. The lowest BCUT2D eigenvalue weighted by Gasteiger charge is -2.10. The lowest BCUT2D eigenvalue weighted by molar-refractivity contribution is 0.304. The number of methoxy groups -OCH3 is 1. The Balaban J connectivity index is 1.93. The van der Waals surface area contributed by atoms with Crippen molar-refractivity contribution >= 4 is 11.0 Å². The SMILES string of the molecule is COc1cc(OCc2ccccc2)cc2oc(=O)ccc12. The van der Waals surface area contributed by atoms with Crippen LogP contribution < -0.4 is 15.1 Å². The van der Waals surface area contributed by atoms with Gasteiger partial charge in [0.05, 0.1) is 12.5 Å². The summed E-state index contributed by atoms with van der Waals surface area (Å²) >= 11 is 0. The van der Waals surface area contributed by atoms with E-state index < -0.39 is 5.63 Å². The standard InChI is InChI=1S/C17H14O4/c1-19-15-9-13(20-11-12-5-3-2-4-6-12)10-16-14(15)7-8-17(18)21-16/h2-10H,11H2,1H3. The first-order chi connectivity index (χ1) is 10.3. The minimum atomic E-state index is -0.398. The molecule has 0 radical (unpaired) electrons. The van der Waals surface area contributed by atoms with Crippen molar-refractivity contribution in [3.05, 3.63) is 70.6 Å². The van der Waals surface area contributed by atoms with E-state index in [4.69, 9.17) is 13.9 Å². The average molecular weight is 282 g/mol. The molecule has 106 valence electrons. The highest BCUT2D eigenvalue weighted by molar-refractivity contribution is 5.84. The van der Waals surface area contributed by atoms with Gasteiger partial charge in [0.15, 0.2) is 0 Å². The first-order valence-electron chi connectivity index (χ1n) is 6.55. The lowest BCUT2D eigenvalue weighted by Crippen LogP contribution is -1.98. The maximum absolute atomic E-state index is 11.3. The molecule has 0 N–H and O–H groups in total. The van der Waals surface area contributed by atoms with Crippen LogP contribution in [0.2, 0.25) is 0 Å². The maximum atomic E-state index is 11.3. The molecule has 0 atom stereocenters. The molecule has 0 aliphatic heterocycles. The van der Waals surface area contributed by atoms with Crippen LogP contribution in [0.5, 0.6) is 11.5 Å². The summed E-state index contributed by atoms with van der Waals surface area (Å²) in [4.78, 5) is 11.3. The van der Waals surface area contributed by atoms with E-state index in [1.54, 1.807) is 25.3 Å². The van der Waals surface area contributed by atoms with Crippen molar-refractivity contribution in [3.63, 3.8) is 0 Å². The molecule has 0 bridgehead atoms. The summed E-state index contributed by atoms with van der Waals surface area (Å²) in [5.74, 6) is 1.21. The van der Waals surface area contributed by atoms with E-state index in [9.17, 15) is 4.79 Å². The highest BCUT2D eigenvalue weighted by atomic mass is 16.5. The molecule has 0 aliphatic carbocycles. The fraction of sp³-hybridized carbons (Fsp3) is 0.118. The van der Waals surface area contributed by atoms with Crippen LogP contribution in [0.1, 0.15) is 5.56 Å². The van der Waals surface area contributed by atoms with Crippen LogP contribution in [-0.4, -0.2) is 7.11 Å². The molecule has 3 rings (SSSR count). The van der Waals surface area contributed by atoms with Gasteiger partial charge in [0.2, 0.25) is 0 Å². The van der Waals surface area contributed by atoms with Crippen LogP contribution in [0.4, 0.5) is 0 Å². The smallest absolute Gasteiger partial charge is 0.336 e. The van der Waals surface area contributed by atoms with E-state index in [-0.39, 0.29) is 0 Å². The van der Waals surface area contributed by atoms with Crippen LogP contribution in [-0.2, 0) is 6.61 Å². The predicted molar refractivity (Wildman–Crippen MR) is 79.8 cm³/mol. The minimum Gasteiger partial charge on any atom is -0.496 e. The molecular formula is C17H14O4. The minimum absolute atomic E-state index is 0.398. The van der Waals surface area contributed by atoms with Gasteiger partial charge in [-0.15, -0.1) is 0 Å². The Kier molecular flexibility index (Phi) is 3.60. The lowest BCUT2D eigenvalue weighted by atomic mass is 10.2. The Morgan fingerprint density at radius 2 is 1.86 bits per heavy atom. The van der Waals surface area contributed by atoms with E-state index in [1.807, 2.05) is 30.3 Å². The summed E-state index contributed by atoms with van der Waals surface area (Å²) in [5, 5.41) is 0.740. The van der Waals surface area contributed by atoms with Gasteiger partial charge in [-0.3, -0.25) is 0 Å². The number of rotatable bonds is 4. The Bertz CT molecular complexity index is 806.